The minimum Gasteiger partial charge on any atom is -0.486 e. The molecule has 1 aliphatic rings. The monoisotopic (exact) mass is 473 g/mol. The van der Waals surface area contributed by atoms with Crippen molar-refractivity contribution < 1.29 is 23.3 Å². The van der Waals surface area contributed by atoms with E-state index >= 15 is 0 Å². The van der Waals surface area contributed by atoms with Crippen molar-refractivity contribution in [2.45, 2.75) is 13.2 Å². The number of non-ortho nitro benzene ring substituents is 1. The van der Waals surface area contributed by atoms with E-state index in [-0.39, 0.29) is 29.8 Å². The largest absolute Gasteiger partial charge is 0.486 e. The summed E-state index contributed by atoms with van der Waals surface area (Å²) in [5.41, 5.74) is 0.438. The van der Waals surface area contributed by atoms with Gasteiger partial charge in [0, 0.05) is 55.4 Å². The topological polar surface area (TPSA) is 89.1 Å². The van der Waals surface area contributed by atoms with E-state index < -0.39 is 4.92 Å². The summed E-state index contributed by atoms with van der Waals surface area (Å²) in [5.74, 6) is 0.573. The molecule has 1 amide bonds. The Kier molecular flexibility index (Phi) is 6.90. The molecule has 0 radical (unpaired) electrons. The standard InChI is InChI=1S/C23H21ClFN3O5/c24-20-2-1-3-21(25)19(20)14-26-10-12-27(13-11-26)23(29)22-9-8-18(33-22)15-32-17-6-4-16(5-7-17)28(30)31/h1-9H,10-15H2. The van der Waals surface area contributed by atoms with Crippen molar-refractivity contribution in [2.75, 3.05) is 26.2 Å². The first-order valence-electron chi connectivity index (χ1n) is 10.3. The molecule has 0 aliphatic carbocycles. The summed E-state index contributed by atoms with van der Waals surface area (Å²) in [4.78, 5) is 26.8. The van der Waals surface area contributed by atoms with Crippen LogP contribution in [-0.2, 0) is 13.2 Å². The van der Waals surface area contributed by atoms with Crippen molar-refractivity contribution in [1.29, 1.82) is 0 Å². The predicted octanol–water partition coefficient (Wildman–Crippen LogP) is 4.52. The smallest absolute Gasteiger partial charge is 0.289 e. The Labute approximate surface area is 194 Å². The van der Waals surface area contributed by atoms with Crippen molar-refractivity contribution in [3.8, 4) is 5.75 Å². The van der Waals surface area contributed by atoms with Crippen LogP contribution in [0.5, 0.6) is 5.75 Å². The molecule has 0 saturated carbocycles. The Hall–Kier alpha value is -3.43. The molecule has 4 rings (SSSR count). The molecule has 1 fully saturated rings. The zero-order chi connectivity index (χ0) is 23.4. The van der Waals surface area contributed by atoms with E-state index in [1.807, 2.05) is 0 Å². The van der Waals surface area contributed by atoms with Gasteiger partial charge in [0.1, 0.15) is 23.9 Å². The Balaban J connectivity index is 1.28. The molecule has 0 unspecified atom stereocenters. The molecule has 1 saturated heterocycles. The number of nitrogens with zero attached hydrogens (tertiary/aromatic N) is 3. The van der Waals surface area contributed by atoms with Gasteiger partial charge in [0.15, 0.2) is 5.76 Å². The molecule has 1 aromatic heterocycles. The Bertz CT molecular complexity index is 1120. The van der Waals surface area contributed by atoms with Gasteiger partial charge in [-0.2, -0.15) is 0 Å². The first-order chi connectivity index (χ1) is 15.9. The van der Waals surface area contributed by atoms with Gasteiger partial charge in [-0.25, -0.2) is 4.39 Å². The highest BCUT2D eigenvalue weighted by atomic mass is 35.5. The summed E-state index contributed by atoms with van der Waals surface area (Å²) < 4.78 is 25.2. The van der Waals surface area contributed by atoms with Crippen LogP contribution in [0.1, 0.15) is 21.9 Å². The number of piperazine rings is 1. The molecule has 8 nitrogen and oxygen atoms in total. The summed E-state index contributed by atoms with van der Waals surface area (Å²) >= 11 is 6.11. The third-order valence-electron chi connectivity index (χ3n) is 5.40. The number of benzene rings is 2. The number of rotatable bonds is 7. The summed E-state index contributed by atoms with van der Waals surface area (Å²) in [6.07, 6.45) is 0. The second-order valence-electron chi connectivity index (χ2n) is 7.57. The lowest BCUT2D eigenvalue weighted by atomic mass is 10.2. The second kappa shape index (κ2) is 10.0. The fourth-order valence-corrected chi connectivity index (χ4v) is 3.78. The zero-order valence-corrected chi connectivity index (χ0v) is 18.3. The minimum atomic E-state index is -0.483. The fourth-order valence-electron chi connectivity index (χ4n) is 3.56. The van der Waals surface area contributed by atoms with Crippen molar-refractivity contribution >= 4 is 23.2 Å². The van der Waals surface area contributed by atoms with E-state index in [0.717, 1.165) is 0 Å². The Morgan fingerprint density at radius 2 is 1.82 bits per heavy atom. The van der Waals surface area contributed by atoms with Gasteiger partial charge in [0.25, 0.3) is 11.6 Å². The molecule has 2 heterocycles. The number of carbonyl (C=O) groups excluding carboxylic acids is 1. The van der Waals surface area contributed by atoms with Crippen LogP contribution in [0.3, 0.4) is 0 Å². The van der Waals surface area contributed by atoms with Gasteiger partial charge in [-0.05, 0) is 36.4 Å². The van der Waals surface area contributed by atoms with E-state index in [9.17, 15) is 19.3 Å². The SMILES string of the molecule is O=C(c1ccc(COc2ccc([N+](=O)[O-])cc2)o1)N1CCN(Cc2c(F)cccc2Cl)CC1. The molecule has 1 aliphatic heterocycles. The number of hydrogen-bond donors (Lipinski definition) is 0. The van der Waals surface area contributed by atoms with Crippen LogP contribution in [-0.4, -0.2) is 46.8 Å². The van der Waals surface area contributed by atoms with Gasteiger partial charge < -0.3 is 14.1 Å². The quantitative estimate of drug-likeness (QED) is 0.370. The van der Waals surface area contributed by atoms with E-state index in [0.29, 0.717) is 54.8 Å². The number of halogens is 2. The van der Waals surface area contributed by atoms with Gasteiger partial charge in [-0.15, -0.1) is 0 Å². The van der Waals surface area contributed by atoms with E-state index in [4.69, 9.17) is 20.8 Å². The highest BCUT2D eigenvalue weighted by Gasteiger charge is 2.25. The van der Waals surface area contributed by atoms with Crippen molar-refractivity contribution in [3.63, 3.8) is 0 Å². The van der Waals surface area contributed by atoms with Gasteiger partial charge in [0.2, 0.25) is 0 Å². The number of nitro benzene ring substituents is 1. The minimum absolute atomic E-state index is 0.0228. The molecule has 0 atom stereocenters. The average Bonchev–Trinajstić information content (AvgIpc) is 3.29. The van der Waals surface area contributed by atoms with E-state index in [1.54, 1.807) is 29.2 Å². The van der Waals surface area contributed by atoms with Crippen LogP contribution in [0.4, 0.5) is 10.1 Å². The van der Waals surface area contributed by atoms with Crippen LogP contribution in [0.25, 0.3) is 0 Å². The number of carbonyl (C=O) groups is 1. The molecule has 3 aromatic rings. The van der Waals surface area contributed by atoms with Crippen molar-refractivity contribution in [3.05, 3.63) is 92.6 Å². The number of nitro groups is 1. The number of ether oxygens (including phenoxy) is 1. The Morgan fingerprint density at radius 1 is 1.09 bits per heavy atom. The summed E-state index contributed by atoms with van der Waals surface area (Å²) in [6.45, 7) is 2.63. The lowest BCUT2D eigenvalue weighted by molar-refractivity contribution is -0.384. The lowest BCUT2D eigenvalue weighted by Gasteiger charge is -2.34. The second-order valence-corrected chi connectivity index (χ2v) is 7.98. The van der Waals surface area contributed by atoms with Crippen LogP contribution in [0, 0.1) is 15.9 Å². The van der Waals surface area contributed by atoms with Gasteiger partial charge >= 0.3 is 0 Å². The van der Waals surface area contributed by atoms with E-state index in [1.165, 1.54) is 30.3 Å². The molecule has 172 valence electrons. The van der Waals surface area contributed by atoms with Crippen LogP contribution in [0.2, 0.25) is 5.02 Å². The highest BCUT2D eigenvalue weighted by molar-refractivity contribution is 6.31. The first kappa shape index (κ1) is 22.8. The first-order valence-corrected chi connectivity index (χ1v) is 10.7. The molecule has 33 heavy (non-hydrogen) atoms. The molecule has 10 heteroatoms. The summed E-state index contributed by atoms with van der Waals surface area (Å²) in [7, 11) is 0. The fraction of sp³-hybridized carbons (Fsp3) is 0.261. The van der Waals surface area contributed by atoms with Crippen molar-refractivity contribution in [1.82, 2.24) is 9.80 Å². The molecule has 0 bridgehead atoms. The van der Waals surface area contributed by atoms with Gasteiger partial charge in [-0.1, -0.05) is 17.7 Å². The third kappa shape index (κ3) is 5.50. The molecule has 0 spiro atoms. The zero-order valence-electron chi connectivity index (χ0n) is 17.6. The summed E-state index contributed by atoms with van der Waals surface area (Å²) in [6, 6.07) is 13.6. The van der Waals surface area contributed by atoms with Crippen LogP contribution in [0.15, 0.2) is 59.0 Å². The van der Waals surface area contributed by atoms with Crippen molar-refractivity contribution in [2.24, 2.45) is 0 Å². The van der Waals surface area contributed by atoms with E-state index in [2.05, 4.69) is 4.90 Å². The average molecular weight is 474 g/mol. The van der Waals surface area contributed by atoms with Crippen LogP contribution < -0.4 is 4.74 Å². The number of amides is 1. The van der Waals surface area contributed by atoms with Gasteiger partial charge in [0.05, 0.1) is 4.92 Å². The number of hydrogen-bond acceptors (Lipinski definition) is 6. The normalized spacial score (nSPS) is 14.3. The Morgan fingerprint density at radius 3 is 2.48 bits per heavy atom. The third-order valence-corrected chi connectivity index (χ3v) is 5.76. The predicted molar refractivity (Wildman–Crippen MR) is 119 cm³/mol. The molecular weight excluding hydrogens is 453 g/mol. The maximum Gasteiger partial charge on any atom is 0.289 e. The van der Waals surface area contributed by atoms with Crippen LogP contribution >= 0.6 is 11.6 Å². The summed E-state index contributed by atoms with van der Waals surface area (Å²) in [5, 5.41) is 11.1. The number of furan rings is 1. The molecule has 2 aromatic carbocycles. The van der Waals surface area contributed by atoms with Gasteiger partial charge in [-0.3, -0.25) is 19.8 Å². The maximum absolute atomic E-state index is 14.0. The molecular formula is C23H21ClFN3O5. The lowest BCUT2D eigenvalue weighted by Crippen LogP contribution is -2.48. The highest BCUT2D eigenvalue weighted by Crippen LogP contribution is 2.22. The molecule has 0 N–H and O–H groups in total. The maximum atomic E-state index is 14.0.